The Labute approximate surface area is 131 Å². The summed E-state index contributed by atoms with van der Waals surface area (Å²) in [4.78, 5) is 14.2. The van der Waals surface area contributed by atoms with Gasteiger partial charge in [-0.15, -0.1) is 0 Å². The summed E-state index contributed by atoms with van der Waals surface area (Å²) >= 11 is 0. The molecule has 1 aliphatic rings. The molecule has 1 amide bonds. The second kappa shape index (κ2) is 7.60. The van der Waals surface area contributed by atoms with Crippen LogP contribution in [-0.2, 0) is 14.8 Å². The quantitative estimate of drug-likeness (QED) is 0.832. The topological polar surface area (TPSA) is 78.5 Å². The minimum absolute atomic E-state index is 0.0371. The standard InChI is InChI=1S/C15H23N3O3S/c1-2-22(20,21)16-12-15(19)17-13-8-4-5-9-14(13)18-10-6-3-7-11-18/h4-5,8-9,16H,2-3,6-7,10-12H2,1H3,(H,17,19). The number of sulfonamides is 1. The van der Waals surface area contributed by atoms with Gasteiger partial charge in [0.2, 0.25) is 15.9 Å². The third kappa shape index (κ3) is 4.71. The summed E-state index contributed by atoms with van der Waals surface area (Å²) in [6, 6.07) is 7.63. The van der Waals surface area contributed by atoms with Crippen molar-refractivity contribution in [2.24, 2.45) is 0 Å². The molecule has 0 spiro atoms. The second-order valence-corrected chi connectivity index (χ2v) is 7.43. The maximum absolute atomic E-state index is 12.0. The summed E-state index contributed by atoms with van der Waals surface area (Å²) in [6.07, 6.45) is 3.54. The highest BCUT2D eigenvalue weighted by Gasteiger charge is 2.16. The first kappa shape index (κ1) is 16.8. The molecule has 122 valence electrons. The summed E-state index contributed by atoms with van der Waals surface area (Å²) in [7, 11) is -3.36. The van der Waals surface area contributed by atoms with Crippen LogP contribution in [0.15, 0.2) is 24.3 Å². The Morgan fingerprint density at radius 3 is 2.55 bits per heavy atom. The molecular formula is C15H23N3O3S. The Hall–Kier alpha value is -1.60. The summed E-state index contributed by atoms with van der Waals surface area (Å²) in [6.45, 7) is 3.25. The minimum atomic E-state index is -3.36. The van der Waals surface area contributed by atoms with Crippen molar-refractivity contribution in [2.75, 3.05) is 35.6 Å². The fraction of sp³-hybridized carbons (Fsp3) is 0.533. The predicted molar refractivity (Wildman–Crippen MR) is 88.6 cm³/mol. The van der Waals surface area contributed by atoms with E-state index < -0.39 is 10.0 Å². The fourth-order valence-electron chi connectivity index (χ4n) is 2.46. The number of rotatable bonds is 6. The van der Waals surface area contributed by atoms with Gasteiger partial charge in [-0.05, 0) is 38.3 Å². The van der Waals surface area contributed by atoms with Crippen molar-refractivity contribution < 1.29 is 13.2 Å². The highest BCUT2D eigenvalue weighted by molar-refractivity contribution is 7.89. The van der Waals surface area contributed by atoms with Crippen molar-refractivity contribution in [1.82, 2.24) is 4.72 Å². The number of nitrogens with one attached hydrogen (secondary N) is 2. The van der Waals surface area contributed by atoms with Crippen molar-refractivity contribution in [1.29, 1.82) is 0 Å². The highest BCUT2D eigenvalue weighted by Crippen LogP contribution is 2.28. The molecule has 0 radical (unpaired) electrons. The fourth-order valence-corrected chi connectivity index (χ4v) is 3.02. The van der Waals surface area contributed by atoms with Crippen molar-refractivity contribution in [3.8, 4) is 0 Å². The second-order valence-electron chi connectivity index (χ2n) is 5.34. The predicted octanol–water partition coefficient (Wildman–Crippen LogP) is 1.55. The van der Waals surface area contributed by atoms with E-state index in [0.29, 0.717) is 0 Å². The Morgan fingerprint density at radius 2 is 1.86 bits per heavy atom. The number of para-hydroxylation sites is 2. The number of hydrogen-bond acceptors (Lipinski definition) is 4. The third-order valence-electron chi connectivity index (χ3n) is 3.71. The van der Waals surface area contributed by atoms with E-state index in [1.807, 2.05) is 24.3 Å². The average Bonchev–Trinajstić information content (AvgIpc) is 2.54. The van der Waals surface area contributed by atoms with E-state index in [2.05, 4.69) is 14.9 Å². The molecule has 0 saturated carbocycles. The first-order valence-corrected chi connectivity index (χ1v) is 9.28. The van der Waals surface area contributed by atoms with Crippen LogP contribution in [0.2, 0.25) is 0 Å². The summed E-state index contributed by atoms with van der Waals surface area (Å²) < 4.78 is 25.0. The van der Waals surface area contributed by atoms with E-state index in [1.54, 1.807) is 0 Å². The molecule has 0 aromatic heterocycles. The van der Waals surface area contributed by atoms with E-state index in [9.17, 15) is 13.2 Å². The van der Waals surface area contributed by atoms with Crippen LogP contribution < -0.4 is 14.9 Å². The molecule has 0 bridgehead atoms. The van der Waals surface area contributed by atoms with Gasteiger partial charge in [0.1, 0.15) is 0 Å². The zero-order chi connectivity index (χ0) is 16.0. The van der Waals surface area contributed by atoms with Gasteiger partial charge in [0.05, 0.1) is 23.7 Å². The number of amides is 1. The zero-order valence-electron chi connectivity index (χ0n) is 12.8. The minimum Gasteiger partial charge on any atom is -0.370 e. The van der Waals surface area contributed by atoms with E-state index >= 15 is 0 Å². The molecule has 6 nitrogen and oxygen atoms in total. The Balaban J connectivity index is 2.01. The summed E-state index contributed by atoms with van der Waals surface area (Å²) in [5, 5.41) is 2.80. The van der Waals surface area contributed by atoms with Gasteiger partial charge in [0.25, 0.3) is 0 Å². The van der Waals surface area contributed by atoms with Gasteiger partial charge in [-0.2, -0.15) is 0 Å². The van der Waals surface area contributed by atoms with Crippen molar-refractivity contribution in [3.63, 3.8) is 0 Å². The van der Waals surface area contributed by atoms with Gasteiger partial charge >= 0.3 is 0 Å². The van der Waals surface area contributed by atoms with Gasteiger partial charge in [-0.25, -0.2) is 13.1 Å². The first-order valence-electron chi connectivity index (χ1n) is 7.63. The lowest BCUT2D eigenvalue weighted by molar-refractivity contribution is -0.115. The van der Waals surface area contributed by atoms with Gasteiger partial charge in [0.15, 0.2) is 0 Å². The van der Waals surface area contributed by atoms with Gasteiger partial charge < -0.3 is 10.2 Å². The Bertz CT molecular complexity index is 610. The molecule has 7 heteroatoms. The van der Waals surface area contributed by atoms with Crippen molar-refractivity contribution in [3.05, 3.63) is 24.3 Å². The molecule has 1 aliphatic heterocycles. The number of carbonyl (C=O) groups excluding carboxylic acids is 1. The monoisotopic (exact) mass is 325 g/mol. The number of benzene rings is 1. The summed E-state index contributed by atoms with van der Waals surface area (Å²) in [5.41, 5.74) is 1.72. The average molecular weight is 325 g/mol. The normalized spacial score (nSPS) is 15.6. The van der Waals surface area contributed by atoms with Crippen molar-refractivity contribution >= 4 is 27.3 Å². The van der Waals surface area contributed by atoms with Crippen LogP contribution >= 0.6 is 0 Å². The molecular weight excluding hydrogens is 302 g/mol. The lowest BCUT2D eigenvalue weighted by Crippen LogP contribution is -2.34. The number of nitrogens with zero attached hydrogens (tertiary/aromatic N) is 1. The van der Waals surface area contributed by atoms with Crippen LogP contribution in [0.5, 0.6) is 0 Å². The molecule has 22 heavy (non-hydrogen) atoms. The van der Waals surface area contributed by atoms with E-state index in [-0.39, 0.29) is 18.2 Å². The van der Waals surface area contributed by atoms with Gasteiger partial charge in [0, 0.05) is 13.1 Å². The van der Waals surface area contributed by atoms with E-state index in [4.69, 9.17) is 0 Å². The molecule has 0 aliphatic carbocycles. The molecule has 1 aromatic carbocycles. The van der Waals surface area contributed by atoms with Crippen LogP contribution in [0.3, 0.4) is 0 Å². The molecule has 0 unspecified atom stereocenters. The van der Waals surface area contributed by atoms with Crippen LogP contribution in [0.25, 0.3) is 0 Å². The molecule has 2 N–H and O–H groups in total. The molecule has 1 aromatic rings. The molecule has 1 saturated heterocycles. The van der Waals surface area contributed by atoms with Crippen LogP contribution in [-0.4, -0.2) is 39.7 Å². The molecule has 2 rings (SSSR count). The molecule has 1 fully saturated rings. The van der Waals surface area contributed by atoms with Crippen LogP contribution in [0.4, 0.5) is 11.4 Å². The number of piperidine rings is 1. The van der Waals surface area contributed by atoms with Crippen LogP contribution in [0, 0.1) is 0 Å². The van der Waals surface area contributed by atoms with Crippen molar-refractivity contribution in [2.45, 2.75) is 26.2 Å². The zero-order valence-corrected chi connectivity index (χ0v) is 13.7. The van der Waals surface area contributed by atoms with Gasteiger partial charge in [-0.1, -0.05) is 12.1 Å². The highest BCUT2D eigenvalue weighted by atomic mass is 32.2. The lowest BCUT2D eigenvalue weighted by Gasteiger charge is -2.30. The maximum Gasteiger partial charge on any atom is 0.239 e. The molecule has 0 atom stereocenters. The van der Waals surface area contributed by atoms with Gasteiger partial charge in [-0.3, -0.25) is 4.79 Å². The number of carbonyl (C=O) groups is 1. The third-order valence-corrected chi connectivity index (χ3v) is 5.05. The first-order chi connectivity index (χ1) is 10.5. The number of hydrogen-bond donors (Lipinski definition) is 2. The maximum atomic E-state index is 12.0. The van der Waals surface area contributed by atoms with Crippen LogP contribution in [0.1, 0.15) is 26.2 Å². The Morgan fingerprint density at radius 1 is 1.18 bits per heavy atom. The SMILES string of the molecule is CCS(=O)(=O)NCC(=O)Nc1ccccc1N1CCCCC1. The van der Waals surface area contributed by atoms with E-state index in [0.717, 1.165) is 37.3 Å². The molecule has 1 heterocycles. The Kier molecular flexibility index (Phi) is 5.79. The number of anilines is 2. The summed E-state index contributed by atoms with van der Waals surface area (Å²) in [5.74, 6) is -0.397. The largest absolute Gasteiger partial charge is 0.370 e. The van der Waals surface area contributed by atoms with E-state index in [1.165, 1.54) is 13.3 Å². The smallest absolute Gasteiger partial charge is 0.239 e. The lowest BCUT2D eigenvalue weighted by atomic mass is 10.1.